The molecule has 1 saturated heterocycles. The Morgan fingerprint density at radius 2 is 1.65 bits per heavy atom. The Balaban J connectivity index is 2.42. The van der Waals surface area contributed by atoms with E-state index in [0.717, 1.165) is 11.8 Å². The lowest BCUT2D eigenvalue weighted by molar-refractivity contribution is 0.269. The van der Waals surface area contributed by atoms with Crippen LogP contribution in [0.25, 0.3) is 0 Å². The van der Waals surface area contributed by atoms with E-state index in [1.807, 2.05) is 0 Å². The molecule has 0 saturated carbocycles. The molecule has 2 rings (SSSR count). The monoisotopic (exact) mass is 316 g/mol. The largest absolute Gasteiger partial charge is 0.499 e. The summed E-state index contributed by atoms with van der Waals surface area (Å²) in [6, 6.07) is 8.82. The molecular formula is C13H16O5S2. The van der Waals surface area contributed by atoms with Gasteiger partial charge in [-0.2, -0.15) is 0 Å². The Labute approximate surface area is 119 Å². The fourth-order valence-corrected chi connectivity index (χ4v) is 6.69. The summed E-state index contributed by atoms with van der Waals surface area (Å²) in [5, 5.41) is 0. The van der Waals surface area contributed by atoms with Crippen LogP contribution in [0.15, 0.2) is 40.8 Å². The van der Waals surface area contributed by atoms with Crippen molar-refractivity contribution < 1.29 is 21.6 Å². The minimum absolute atomic E-state index is 0.213. The first-order chi connectivity index (χ1) is 9.37. The molecule has 0 aromatic heterocycles. The molecule has 0 spiro atoms. The molecule has 0 aliphatic carbocycles. The van der Waals surface area contributed by atoms with Crippen molar-refractivity contribution in [2.24, 2.45) is 0 Å². The standard InChI is InChI=1S/C13H16O5S2/c1-2-18-8-13-19(14,15)9-12(10-20(13,16)17)11-6-4-3-5-7-11/h3-8,12H,2,9-10H2,1H3. The van der Waals surface area contributed by atoms with Crippen LogP contribution in [0.3, 0.4) is 0 Å². The average molecular weight is 316 g/mol. The normalized spacial score (nSPS) is 24.1. The number of ether oxygens (including phenoxy) is 1. The zero-order chi connectivity index (χ0) is 14.8. The number of sulfone groups is 2. The highest BCUT2D eigenvalue weighted by Gasteiger charge is 2.41. The zero-order valence-corrected chi connectivity index (χ0v) is 12.7. The van der Waals surface area contributed by atoms with Gasteiger partial charge in [-0.05, 0) is 12.5 Å². The van der Waals surface area contributed by atoms with E-state index in [9.17, 15) is 16.8 Å². The van der Waals surface area contributed by atoms with E-state index in [1.54, 1.807) is 37.3 Å². The average Bonchev–Trinajstić information content (AvgIpc) is 2.37. The van der Waals surface area contributed by atoms with Gasteiger partial charge >= 0.3 is 0 Å². The first-order valence-electron chi connectivity index (χ1n) is 6.19. The summed E-state index contributed by atoms with van der Waals surface area (Å²) in [5.41, 5.74) is 0.718. The van der Waals surface area contributed by atoms with Crippen LogP contribution in [0.2, 0.25) is 0 Å². The molecule has 0 unspecified atom stereocenters. The molecule has 1 heterocycles. The third-order valence-electron chi connectivity index (χ3n) is 3.07. The van der Waals surface area contributed by atoms with Crippen molar-refractivity contribution in [3.05, 3.63) is 46.4 Å². The zero-order valence-electron chi connectivity index (χ0n) is 11.0. The van der Waals surface area contributed by atoms with Gasteiger partial charge in [-0.1, -0.05) is 30.3 Å². The second-order valence-corrected chi connectivity index (χ2v) is 8.83. The van der Waals surface area contributed by atoms with Gasteiger partial charge in [0.15, 0.2) is 23.9 Å². The second-order valence-electron chi connectivity index (χ2n) is 4.56. The lowest BCUT2D eigenvalue weighted by Gasteiger charge is -2.24. The predicted molar refractivity (Wildman–Crippen MR) is 76.5 cm³/mol. The molecule has 1 aliphatic heterocycles. The number of hydrogen-bond acceptors (Lipinski definition) is 5. The minimum atomic E-state index is -3.85. The maximum absolute atomic E-state index is 12.2. The Kier molecular flexibility index (Phi) is 4.19. The molecule has 1 aliphatic rings. The molecule has 0 atom stereocenters. The molecule has 5 nitrogen and oxygen atoms in total. The predicted octanol–water partition coefficient (Wildman–Crippen LogP) is 1.45. The molecule has 7 heteroatoms. The van der Waals surface area contributed by atoms with Gasteiger partial charge < -0.3 is 4.74 Å². The van der Waals surface area contributed by atoms with Crippen LogP contribution >= 0.6 is 0 Å². The highest BCUT2D eigenvalue weighted by atomic mass is 32.3. The van der Waals surface area contributed by atoms with E-state index in [4.69, 9.17) is 4.74 Å². The first kappa shape index (κ1) is 15.1. The minimum Gasteiger partial charge on any atom is -0.499 e. The van der Waals surface area contributed by atoms with E-state index in [0.29, 0.717) is 0 Å². The van der Waals surface area contributed by atoms with E-state index >= 15 is 0 Å². The van der Waals surface area contributed by atoms with E-state index in [-0.39, 0.29) is 18.1 Å². The summed E-state index contributed by atoms with van der Waals surface area (Å²) in [7, 11) is -7.71. The molecule has 1 fully saturated rings. The molecule has 0 N–H and O–H groups in total. The van der Waals surface area contributed by atoms with Crippen molar-refractivity contribution in [1.82, 2.24) is 0 Å². The van der Waals surface area contributed by atoms with Gasteiger partial charge in [0.25, 0.3) is 0 Å². The fourth-order valence-electron chi connectivity index (χ4n) is 2.15. The van der Waals surface area contributed by atoms with Gasteiger partial charge in [-0.3, -0.25) is 0 Å². The van der Waals surface area contributed by atoms with Crippen molar-refractivity contribution in [2.45, 2.75) is 12.8 Å². The summed E-state index contributed by atoms with van der Waals surface area (Å²) in [5.74, 6) is -0.963. The highest BCUT2D eigenvalue weighted by molar-refractivity contribution is 8.15. The maximum Gasteiger partial charge on any atom is 0.193 e. The Bertz CT molecular complexity index is 664. The first-order valence-corrected chi connectivity index (χ1v) is 9.49. The van der Waals surface area contributed by atoms with Crippen molar-refractivity contribution in [3.63, 3.8) is 0 Å². The molecule has 0 radical (unpaired) electrons. The van der Waals surface area contributed by atoms with Crippen LogP contribution < -0.4 is 0 Å². The van der Waals surface area contributed by atoms with Crippen molar-refractivity contribution in [2.75, 3.05) is 18.1 Å². The molecule has 1 aromatic rings. The third kappa shape index (κ3) is 3.04. The smallest absolute Gasteiger partial charge is 0.193 e. The SMILES string of the molecule is CCOC=C1S(=O)(=O)CC(c2ccccc2)CS1(=O)=O. The van der Waals surface area contributed by atoms with Gasteiger partial charge in [0.2, 0.25) is 0 Å². The summed E-state index contributed by atoms with van der Waals surface area (Å²) in [6.07, 6.45) is 0.853. The van der Waals surface area contributed by atoms with E-state index < -0.39 is 29.8 Å². The van der Waals surface area contributed by atoms with Crippen LogP contribution in [0.4, 0.5) is 0 Å². The number of hydrogen-bond donors (Lipinski definition) is 0. The van der Waals surface area contributed by atoms with Crippen LogP contribution in [0.1, 0.15) is 18.4 Å². The summed E-state index contributed by atoms with van der Waals surface area (Å²) < 4.78 is 52.9. The number of rotatable bonds is 3. The second kappa shape index (κ2) is 5.57. The third-order valence-corrected chi connectivity index (χ3v) is 7.70. The quantitative estimate of drug-likeness (QED) is 0.789. The van der Waals surface area contributed by atoms with Crippen LogP contribution in [-0.4, -0.2) is 34.9 Å². The van der Waals surface area contributed by atoms with Crippen LogP contribution in [0.5, 0.6) is 0 Å². The summed E-state index contributed by atoms with van der Waals surface area (Å²) in [6.45, 7) is 1.88. The molecule has 0 amide bonds. The van der Waals surface area contributed by atoms with Crippen molar-refractivity contribution >= 4 is 19.7 Å². The van der Waals surface area contributed by atoms with Crippen molar-refractivity contribution in [1.29, 1.82) is 0 Å². The molecule has 0 bridgehead atoms. The van der Waals surface area contributed by atoms with Crippen LogP contribution in [0, 0.1) is 0 Å². The lowest BCUT2D eigenvalue weighted by atomic mass is 10.0. The Hall–Kier alpha value is -1.34. The van der Waals surface area contributed by atoms with Gasteiger partial charge in [-0.25, -0.2) is 16.8 Å². The Morgan fingerprint density at radius 3 is 2.15 bits per heavy atom. The summed E-state index contributed by atoms with van der Waals surface area (Å²) >= 11 is 0. The molecular weight excluding hydrogens is 300 g/mol. The van der Waals surface area contributed by atoms with Gasteiger partial charge in [0, 0.05) is 5.92 Å². The van der Waals surface area contributed by atoms with Crippen molar-refractivity contribution in [3.8, 4) is 0 Å². The fraction of sp³-hybridized carbons (Fsp3) is 0.385. The molecule has 1 aromatic carbocycles. The van der Waals surface area contributed by atoms with Gasteiger partial charge in [0.1, 0.15) is 6.26 Å². The topological polar surface area (TPSA) is 77.5 Å². The highest BCUT2D eigenvalue weighted by Crippen LogP contribution is 2.32. The van der Waals surface area contributed by atoms with Gasteiger partial charge in [0.05, 0.1) is 18.1 Å². The lowest BCUT2D eigenvalue weighted by Crippen LogP contribution is -2.33. The van der Waals surface area contributed by atoms with Gasteiger partial charge in [-0.15, -0.1) is 0 Å². The van der Waals surface area contributed by atoms with E-state index in [2.05, 4.69) is 0 Å². The number of benzene rings is 1. The molecule has 110 valence electrons. The van der Waals surface area contributed by atoms with E-state index in [1.165, 1.54) is 0 Å². The molecule has 20 heavy (non-hydrogen) atoms. The van der Waals surface area contributed by atoms with Crippen LogP contribution in [-0.2, 0) is 24.4 Å². The Morgan fingerprint density at radius 1 is 1.10 bits per heavy atom. The summed E-state index contributed by atoms with van der Waals surface area (Å²) in [4.78, 5) is 0. The maximum atomic E-state index is 12.2.